The largest absolute Gasteiger partial charge is 1.00 e. The fourth-order valence-electron chi connectivity index (χ4n) is 0. The van der Waals surface area contributed by atoms with E-state index in [1.165, 1.54) is 0 Å². The fraction of sp³-hybridized carbons (Fsp3) is 0. The van der Waals surface area contributed by atoms with Crippen molar-refractivity contribution in [2.75, 3.05) is 0 Å². The molecule has 6 nitrogen and oxygen atoms in total. The second kappa shape index (κ2) is 7.34. The van der Waals surface area contributed by atoms with Gasteiger partial charge in [0.2, 0.25) is 0 Å². The molecule has 0 saturated carbocycles. The van der Waals surface area contributed by atoms with Gasteiger partial charge in [0.1, 0.15) is 0 Å². The summed E-state index contributed by atoms with van der Waals surface area (Å²) in [7, 11) is -4.94. The van der Waals surface area contributed by atoms with Gasteiger partial charge in [-0.1, -0.05) is 0 Å². The molecule has 0 amide bonds. The van der Waals surface area contributed by atoms with Crippen molar-refractivity contribution in [3.63, 3.8) is 0 Å². The van der Waals surface area contributed by atoms with Crippen LogP contribution in [0.2, 0.25) is 0 Å². The van der Waals surface area contributed by atoms with Crippen LogP contribution >= 0.6 is 0 Å². The first-order chi connectivity index (χ1) is 2.00. The number of quaternary nitrogens is 2. The maximum absolute atomic E-state index is 8.49. The monoisotopic (exact) mass is 170 g/mol. The maximum Gasteiger partial charge on any atom is -0.112 e. The molecular formula is H8Cl2N2O4. The topological polar surface area (TPSA) is 165 Å². The molecule has 0 rings (SSSR count). The van der Waals surface area contributed by atoms with Crippen LogP contribution in [0.25, 0.3) is 0 Å². The summed E-state index contributed by atoms with van der Waals surface area (Å²) in [5.41, 5.74) is 0. The molecule has 0 unspecified atom stereocenters. The highest BCUT2D eigenvalue weighted by Crippen LogP contribution is 1.49. The Labute approximate surface area is 54.4 Å². The Hall–Kier alpha value is 0.340. The van der Waals surface area contributed by atoms with Crippen LogP contribution in [-0.4, -0.2) is 0 Å². The van der Waals surface area contributed by atoms with Crippen LogP contribution in [0.4, 0.5) is 0 Å². The van der Waals surface area contributed by atoms with E-state index in [0.29, 0.717) is 0 Å². The van der Waals surface area contributed by atoms with Crippen LogP contribution in [0.5, 0.6) is 0 Å². The molecule has 0 fully saturated rings. The van der Waals surface area contributed by atoms with Crippen molar-refractivity contribution in [2.24, 2.45) is 0 Å². The summed E-state index contributed by atoms with van der Waals surface area (Å²) in [6, 6.07) is 0. The zero-order chi connectivity index (χ0) is 4.50. The van der Waals surface area contributed by atoms with Gasteiger partial charge in [0.25, 0.3) is 0 Å². The predicted molar refractivity (Wildman–Crippen MR) is 12.0 cm³/mol. The first-order valence-corrected chi connectivity index (χ1v) is 1.85. The Balaban J connectivity index is -0.0000000267. The first kappa shape index (κ1) is 23.9. The molecule has 0 aromatic carbocycles. The highest BCUT2D eigenvalue weighted by molar-refractivity contribution is 2.14. The van der Waals surface area contributed by atoms with Gasteiger partial charge in [-0.2, -0.15) is 0 Å². The Morgan fingerprint density at radius 1 is 0.750 bits per heavy atom. The van der Waals surface area contributed by atoms with Crippen LogP contribution in [0.15, 0.2) is 0 Å². The van der Waals surface area contributed by atoms with E-state index in [1.807, 2.05) is 0 Å². The molecule has 0 spiro atoms. The second-order valence-corrected chi connectivity index (χ2v) is 1.13. The standard InChI is InChI=1S/ClHO4.ClH.2H3N/c2-1(3,4)5;;;/h(H,2,3,4,5);1H;2*1H3. The average Bonchev–Trinajstić information content (AvgIpc) is 0.722. The molecule has 0 saturated heterocycles. The van der Waals surface area contributed by atoms with Gasteiger partial charge in [0.05, 0.1) is 0 Å². The molecule has 0 aliphatic carbocycles. The molecule has 0 atom stereocenters. The predicted octanol–water partition coefficient (Wildman–Crippen LogP) is -7.00. The Morgan fingerprint density at radius 3 is 0.750 bits per heavy atom. The van der Waals surface area contributed by atoms with E-state index in [4.69, 9.17) is 18.6 Å². The minimum atomic E-state index is -4.94. The number of rotatable bonds is 0. The molecule has 56 valence electrons. The van der Waals surface area contributed by atoms with Crippen molar-refractivity contribution in [3.05, 3.63) is 0 Å². The minimum Gasteiger partial charge on any atom is -1.00 e. The van der Waals surface area contributed by atoms with Gasteiger partial charge in [-0.25, -0.2) is 18.6 Å². The normalized spacial score (nSPS) is 7.50. The van der Waals surface area contributed by atoms with Crippen LogP contribution < -0.4 is 43.3 Å². The van der Waals surface area contributed by atoms with Crippen molar-refractivity contribution in [2.45, 2.75) is 0 Å². The SMILES string of the molecule is [Cl-].[NH4+].[NH4+].[O-][Cl+3]([O-])([O-])[O-]. The summed E-state index contributed by atoms with van der Waals surface area (Å²) < 4.78 is 34.0. The summed E-state index contributed by atoms with van der Waals surface area (Å²) in [5, 5.41) is 0. The third-order valence-corrected chi connectivity index (χ3v) is 0. The quantitative estimate of drug-likeness (QED) is 0.369. The van der Waals surface area contributed by atoms with Crippen molar-refractivity contribution >= 4 is 0 Å². The zero-order valence-corrected chi connectivity index (χ0v) is 5.90. The molecule has 0 heterocycles. The van der Waals surface area contributed by atoms with Crippen molar-refractivity contribution < 1.29 is 41.3 Å². The van der Waals surface area contributed by atoms with E-state index in [-0.39, 0.29) is 24.7 Å². The Kier molecular flexibility index (Phi) is 21.9. The van der Waals surface area contributed by atoms with E-state index in [2.05, 4.69) is 0 Å². The third-order valence-electron chi connectivity index (χ3n) is 0. The van der Waals surface area contributed by atoms with E-state index >= 15 is 0 Å². The fourth-order valence-corrected chi connectivity index (χ4v) is 0. The summed E-state index contributed by atoms with van der Waals surface area (Å²) in [6.07, 6.45) is 0. The summed E-state index contributed by atoms with van der Waals surface area (Å²) >= 11 is 0. The summed E-state index contributed by atoms with van der Waals surface area (Å²) in [5.74, 6) is 0. The van der Waals surface area contributed by atoms with Gasteiger partial charge >= 0.3 is 0 Å². The molecule has 0 aromatic rings. The van der Waals surface area contributed by atoms with Gasteiger partial charge < -0.3 is 24.7 Å². The van der Waals surface area contributed by atoms with Gasteiger partial charge in [0.15, 0.2) is 0 Å². The average molecular weight is 171 g/mol. The third kappa shape index (κ3) is 1560. The van der Waals surface area contributed by atoms with Crippen LogP contribution in [0.3, 0.4) is 0 Å². The molecule has 0 radical (unpaired) electrons. The number of halogens is 2. The highest BCUT2D eigenvalue weighted by atomic mass is 35.7. The lowest BCUT2D eigenvalue weighted by molar-refractivity contribution is -2.00. The van der Waals surface area contributed by atoms with Crippen LogP contribution in [-0.2, 0) is 0 Å². The first-order valence-electron chi connectivity index (χ1n) is 0.617. The minimum absolute atomic E-state index is 0. The molecule has 8 N–H and O–H groups in total. The van der Waals surface area contributed by atoms with Crippen LogP contribution in [0, 0.1) is 10.2 Å². The number of hydrogen-bond donors (Lipinski definition) is 2. The molecular weight excluding hydrogens is 163 g/mol. The Morgan fingerprint density at radius 2 is 0.750 bits per heavy atom. The Bertz CT molecular complexity index is 27.5. The summed E-state index contributed by atoms with van der Waals surface area (Å²) in [6.45, 7) is 0. The smallest absolute Gasteiger partial charge is 0.112 e. The number of hydrogen-bond acceptors (Lipinski definition) is 4. The van der Waals surface area contributed by atoms with Gasteiger partial charge in [-0.05, 0) is 0 Å². The zero-order valence-electron chi connectivity index (χ0n) is 4.39. The molecule has 8 heavy (non-hydrogen) atoms. The lowest BCUT2D eigenvalue weighted by Gasteiger charge is -2.17. The molecule has 8 heteroatoms. The lowest BCUT2D eigenvalue weighted by Crippen LogP contribution is -3.00. The van der Waals surface area contributed by atoms with E-state index in [0.717, 1.165) is 0 Å². The van der Waals surface area contributed by atoms with Gasteiger partial charge in [0, 0.05) is 0 Å². The van der Waals surface area contributed by atoms with Crippen LogP contribution in [0.1, 0.15) is 0 Å². The molecule has 0 aromatic heterocycles. The maximum atomic E-state index is 8.49. The second-order valence-electron chi connectivity index (χ2n) is 0.378. The van der Waals surface area contributed by atoms with Gasteiger partial charge in [-0.3, -0.25) is 0 Å². The van der Waals surface area contributed by atoms with Crippen molar-refractivity contribution in [3.8, 4) is 0 Å². The lowest BCUT2D eigenvalue weighted by atomic mass is 14.0. The van der Waals surface area contributed by atoms with Crippen molar-refractivity contribution in [1.29, 1.82) is 0 Å². The molecule has 0 aliphatic rings. The molecule has 0 aliphatic heterocycles. The highest BCUT2D eigenvalue weighted by Gasteiger charge is 1.84. The van der Waals surface area contributed by atoms with E-state index in [9.17, 15) is 0 Å². The van der Waals surface area contributed by atoms with Gasteiger partial charge in [-0.15, -0.1) is 10.2 Å². The van der Waals surface area contributed by atoms with E-state index in [1.54, 1.807) is 0 Å². The van der Waals surface area contributed by atoms with E-state index < -0.39 is 10.2 Å². The summed E-state index contributed by atoms with van der Waals surface area (Å²) in [4.78, 5) is 0. The van der Waals surface area contributed by atoms with Crippen molar-refractivity contribution in [1.82, 2.24) is 12.3 Å². The molecule has 0 bridgehead atoms.